The summed E-state index contributed by atoms with van der Waals surface area (Å²) in [5, 5.41) is 0. The van der Waals surface area contributed by atoms with Gasteiger partial charge in [0.25, 0.3) is 0 Å². The molecule has 1 aliphatic rings. The van der Waals surface area contributed by atoms with Crippen molar-refractivity contribution >= 4 is 12.0 Å². The first kappa shape index (κ1) is 10.9. The Bertz CT molecular complexity index is 377. The van der Waals surface area contributed by atoms with Crippen molar-refractivity contribution in [2.75, 3.05) is 13.2 Å². The van der Waals surface area contributed by atoms with Gasteiger partial charge in [-0.1, -0.05) is 36.9 Å². The molecule has 0 aliphatic carbocycles. The topological polar surface area (TPSA) is 38.8 Å². The lowest BCUT2D eigenvalue weighted by molar-refractivity contribution is -0.143. The van der Waals surface area contributed by atoms with Gasteiger partial charge in [-0.2, -0.15) is 0 Å². The lowest BCUT2D eigenvalue weighted by atomic mass is 10.1. The first-order chi connectivity index (χ1) is 7.78. The highest BCUT2D eigenvalue weighted by Gasteiger charge is 2.24. The highest BCUT2D eigenvalue weighted by Crippen LogP contribution is 2.10. The van der Waals surface area contributed by atoms with E-state index >= 15 is 0 Å². The third-order valence-corrected chi connectivity index (χ3v) is 2.40. The van der Waals surface area contributed by atoms with Crippen molar-refractivity contribution in [3.05, 3.63) is 42.0 Å². The first-order valence-corrected chi connectivity index (χ1v) is 5.26. The van der Waals surface area contributed by atoms with Gasteiger partial charge >= 0.3 is 5.97 Å². The van der Waals surface area contributed by atoms with Gasteiger partial charge in [-0.05, 0) is 11.1 Å². The molecule has 1 aromatic rings. The average molecular weight is 218 g/mol. The van der Waals surface area contributed by atoms with Gasteiger partial charge in [0.1, 0.15) is 12.7 Å². The fourth-order valence-corrected chi connectivity index (χ4v) is 1.34. The van der Waals surface area contributed by atoms with Gasteiger partial charge in [-0.25, -0.2) is 0 Å². The average Bonchev–Trinajstić information content (AvgIpc) is 3.11. The maximum absolute atomic E-state index is 11.4. The standard InChI is InChI=1S/C13H14O3/c1-2-10-3-5-11(6-4-10)7-13(14)16-9-12-8-15-12/h2-6,12H,1,7-9H2. The predicted octanol–water partition coefficient (Wildman–Crippen LogP) is 1.81. The van der Waals surface area contributed by atoms with E-state index in [2.05, 4.69) is 6.58 Å². The smallest absolute Gasteiger partial charge is 0.310 e. The summed E-state index contributed by atoms with van der Waals surface area (Å²) in [6.45, 7) is 4.76. The van der Waals surface area contributed by atoms with Crippen LogP contribution in [0.4, 0.5) is 0 Å². The number of carbonyl (C=O) groups is 1. The molecule has 0 bridgehead atoms. The Morgan fingerprint density at radius 1 is 1.50 bits per heavy atom. The van der Waals surface area contributed by atoms with Gasteiger partial charge in [-0.3, -0.25) is 4.79 Å². The van der Waals surface area contributed by atoms with Crippen LogP contribution in [0, 0.1) is 0 Å². The van der Waals surface area contributed by atoms with Gasteiger partial charge < -0.3 is 9.47 Å². The van der Waals surface area contributed by atoms with Crippen molar-refractivity contribution in [3.63, 3.8) is 0 Å². The molecule has 1 aromatic carbocycles. The van der Waals surface area contributed by atoms with Crippen LogP contribution in [0.15, 0.2) is 30.8 Å². The normalized spacial score (nSPS) is 17.9. The molecule has 16 heavy (non-hydrogen) atoms. The van der Waals surface area contributed by atoms with E-state index in [0.29, 0.717) is 19.6 Å². The summed E-state index contributed by atoms with van der Waals surface area (Å²) in [5.74, 6) is -0.207. The molecule has 0 spiro atoms. The Morgan fingerprint density at radius 3 is 2.75 bits per heavy atom. The largest absolute Gasteiger partial charge is 0.463 e. The number of esters is 1. The predicted molar refractivity (Wildman–Crippen MR) is 60.9 cm³/mol. The minimum absolute atomic E-state index is 0.132. The van der Waals surface area contributed by atoms with Gasteiger partial charge in [0.15, 0.2) is 0 Å². The van der Waals surface area contributed by atoms with Gasteiger partial charge in [0.2, 0.25) is 0 Å². The monoisotopic (exact) mass is 218 g/mol. The second kappa shape index (κ2) is 4.94. The van der Waals surface area contributed by atoms with Crippen LogP contribution in [-0.4, -0.2) is 25.3 Å². The molecule has 1 unspecified atom stereocenters. The van der Waals surface area contributed by atoms with E-state index in [1.165, 1.54) is 0 Å². The van der Waals surface area contributed by atoms with Crippen LogP contribution in [0.2, 0.25) is 0 Å². The maximum Gasteiger partial charge on any atom is 0.310 e. The molecule has 3 nitrogen and oxygen atoms in total. The van der Waals surface area contributed by atoms with Gasteiger partial charge in [-0.15, -0.1) is 0 Å². The summed E-state index contributed by atoms with van der Waals surface area (Å²) in [6, 6.07) is 7.68. The van der Waals surface area contributed by atoms with E-state index in [1.54, 1.807) is 6.08 Å². The van der Waals surface area contributed by atoms with Crippen LogP contribution in [0.3, 0.4) is 0 Å². The maximum atomic E-state index is 11.4. The van der Waals surface area contributed by atoms with Crippen LogP contribution in [-0.2, 0) is 20.7 Å². The molecule has 0 amide bonds. The van der Waals surface area contributed by atoms with E-state index in [1.807, 2.05) is 24.3 Å². The minimum Gasteiger partial charge on any atom is -0.463 e. The summed E-state index contributed by atoms with van der Waals surface area (Å²) >= 11 is 0. The molecule has 0 saturated carbocycles. The number of carbonyl (C=O) groups excluding carboxylic acids is 1. The van der Waals surface area contributed by atoms with Crippen molar-refractivity contribution in [3.8, 4) is 0 Å². The zero-order chi connectivity index (χ0) is 11.4. The van der Waals surface area contributed by atoms with Crippen LogP contribution >= 0.6 is 0 Å². The fourth-order valence-electron chi connectivity index (χ4n) is 1.34. The highest BCUT2D eigenvalue weighted by atomic mass is 16.6. The minimum atomic E-state index is -0.207. The Hall–Kier alpha value is -1.61. The van der Waals surface area contributed by atoms with Crippen LogP contribution < -0.4 is 0 Å². The SMILES string of the molecule is C=Cc1ccc(CC(=O)OCC2CO2)cc1. The molecule has 1 atom stereocenters. The molecular weight excluding hydrogens is 204 g/mol. The number of benzene rings is 1. The fraction of sp³-hybridized carbons (Fsp3) is 0.308. The van der Waals surface area contributed by atoms with Gasteiger partial charge in [0, 0.05) is 0 Å². The lowest BCUT2D eigenvalue weighted by Crippen LogP contribution is -2.12. The Balaban J connectivity index is 1.81. The van der Waals surface area contributed by atoms with Crippen LogP contribution in [0.25, 0.3) is 6.08 Å². The van der Waals surface area contributed by atoms with E-state index in [0.717, 1.165) is 11.1 Å². The Labute approximate surface area is 94.7 Å². The zero-order valence-electron chi connectivity index (χ0n) is 9.02. The second-order valence-electron chi connectivity index (χ2n) is 3.76. The summed E-state index contributed by atoms with van der Waals surface area (Å²) in [4.78, 5) is 11.4. The summed E-state index contributed by atoms with van der Waals surface area (Å²) < 4.78 is 9.99. The highest BCUT2D eigenvalue weighted by molar-refractivity contribution is 5.72. The number of epoxide rings is 1. The second-order valence-corrected chi connectivity index (χ2v) is 3.76. The molecule has 1 saturated heterocycles. The zero-order valence-corrected chi connectivity index (χ0v) is 9.02. The van der Waals surface area contributed by atoms with Crippen LogP contribution in [0.5, 0.6) is 0 Å². The Kier molecular flexibility index (Phi) is 3.37. The summed E-state index contributed by atoms with van der Waals surface area (Å²) in [7, 11) is 0. The summed E-state index contributed by atoms with van der Waals surface area (Å²) in [5.41, 5.74) is 2.00. The molecule has 0 aromatic heterocycles. The van der Waals surface area contributed by atoms with E-state index < -0.39 is 0 Å². The molecule has 3 heteroatoms. The number of ether oxygens (including phenoxy) is 2. The number of hydrogen-bond acceptors (Lipinski definition) is 3. The quantitative estimate of drug-likeness (QED) is 0.559. The van der Waals surface area contributed by atoms with Crippen molar-refractivity contribution < 1.29 is 14.3 Å². The molecule has 1 fully saturated rings. The lowest BCUT2D eigenvalue weighted by Gasteiger charge is -2.03. The van der Waals surface area contributed by atoms with E-state index in [4.69, 9.17) is 9.47 Å². The third-order valence-electron chi connectivity index (χ3n) is 2.40. The van der Waals surface area contributed by atoms with E-state index in [-0.39, 0.29) is 12.1 Å². The van der Waals surface area contributed by atoms with Crippen molar-refractivity contribution in [2.45, 2.75) is 12.5 Å². The van der Waals surface area contributed by atoms with Crippen molar-refractivity contribution in [1.29, 1.82) is 0 Å². The van der Waals surface area contributed by atoms with E-state index in [9.17, 15) is 4.79 Å². The summed E-state index contributed by atoms with van der Waals surface area (Å²) in [6.07, 6.45) is 2.21. The number of rotatable bonds is 5. The van der Waals surface area contributed by atoms with Gasteiger partial charge in [0.05, 0.1) is 13.0 Å². The molecular formula is C13H14O3. The molecule has 0 radical (unpaired) electrons. The third kappa shape index (κ3) is 3.21. The van der Waals surface area contributed by atoms with Crippen molar-refractivity contribution in [1.82, 2.24) is 0 Å². The Morgan fingerprint density at radius 2 is 2.19 bits per heavy atom. The van der Waals surface area contributed by atoms with Crippen molar-refractivity contribution in [2.24, 2.45) is 0 Å². The molecule has 2 rings (SSSR count). The van der Waals surface area contributed by atoms with Crippen LogP contribution in [0.1, 0.15) is 11.1 Å². The first-order valence-electron chi connectivity index (χ1n) is 5.26. The molecule has 84 valence electrons. The molecule has 0 N–H and O–H groups in total. The molecule has 1 aliphatic heterocycles. The molecule has 1 heterocycles. The number of hydrogen-bond donors (Lipinski definition) is 0.